The van der Waals surface area contributed by atoms with Crippen molar-refractivity contribution in [3.63, 3.8) is 0 Å². The van der Waals surface area contributed by atoms with Crippen LogP contribution in [0.4, 0.5) is 0 Å². The highest BCUT2D eigenvalue weighted by molar-refractivity contribution is 7.91. The fourth-order valence-corrected chi connectivity index (χ4v) is 3.94. The number of hydrogen-bond acceptors (Lipinski definition) is 6. The Labute approximate surface area is 146 Å². The van der Waals surface area contributed by atoms with Gasteiger partial charge >= 0.3 is 0 Å². The van der Waals surface area contributed by atoms with Crippen molar-refractivity contribution in [1.82, 2.24) is 14.9 Å². The topological polar surface area (TPSA) is 89.5 Å². The summed E-state index contributed by atoms with van der Waals surface area (Å²) in [4.78, 5) is 22.2. The smallest absolute Gasteiger partial charge is 0.232 e. The molecule has 1 aliphatic heterocycles. The minimum Gasteiger partial charge on any atom is -0.471 e. The quantitative estimate of drug-likeness (QED) is 0.771. The van der Waals surface area contributed by atoms with Crippen molar-refractivity contribution in [3.8, 4) is 5.88 Å². The van der Waals surface area contributed by atoms with Crippen LogP contribution in [0.2, 0.25) is 0 Å². The van der Waals surface area contributed by atoms with Crippen LogP contribution in [0.25, 0.3) is 0 Å². The van der Waals surface area contributed by atoms with Gasteiger partial charge in [0.15, 0.2) is 9.84 Å². The molecule has 1 aromatic heterocycles. The molecule has 3 rings (SSSR count). The molecule has 1 unspecified atom stereocenters. The number of hydrogen-bond donors (Lipinski definition) is 0. The van der Waals surface area contributed by atoms with Gasteiger partial charge in [-0.2, -0.15) is 0 Å². The van der Waals surface area contributed by atoms with Crippen LogP contribution in [0.5, 0.6) is 5.88 Å². The van der Waals surface area contributed by atoms with E-state index < -0.39 is 9.84 Å². The molecule has 0 saturated carbocycles. The predicted molar refractivity (Wildman–Crippen MR) is 90.8 cm³/mol. The van der Waals surface area contributed by atoms with Crippen LogP contribution in [-0.4, -0.2) is 54.1 Å². The molecule has 0 bridgehead atoms. The number of rotatable bonds is 6. The van der Waals surface area contributed by atoms with Gasteiger partial charge in [-0.1, -0.05) is 18.2 Å². The summed E-state index contributed by atoms with van der Waals surface area (Å²) in [6, 6.07) is 8.18. The first-order valence-electron chi connectivity index (χ1n) is 8.03. The molecule has 1 aliphatic rings. The van der Waals surface area contributed by atoms with Gasteiger partial charge in [-0.15, -0.1) is 0 Å². The summed E-state index contributed by atoms with van der Waals surface area (Å²) in [5.41, 5.74) is 0. The second kappa shape index (κ2) is 7.60. The van der Waals surface area contributed by atoms with Crippen LogP contribution < -0.4 is 4.74 Å². The monoisotopic (exact) mass is 361 g/mol. The van der Waals surface area contributed by atoms with Crippen molar-refractivity contribution in [2.24, 2.45) is 0 Å². The number of carbonyl (C=O) groups is 1. The molecular formula is C17H19N3O4S. The fraction of sp³-hybridized carbons (Fsp3) is 0.353. The summed E-state index contributed by atoms with van der Waals surface area (Å²) in [7, 11) is -3.44. The summed E-state index contributed by atoms with van der Waals surface area (Å²) >= 11 is 0. The lowest BCUT2D eigenvalue weighted by molar-refractivity contribution is -0.130. The Bertz CT molecular complexity index is 812. The van der Waals surface area contributed by atoms with Crippen LogP contribution in [0, 0.1) is 0 Å². The first-order valence-corrected chi connectivity index (χ1v) is 9.68. The minimum absolute atomic E-state index is 0.0326. The first-order chi connectivity index (χ1) is 12.0. The van der Waals surface area contributed by atoms with Crippen LogP contribution in [0.15, 0.2) is 53.8 Å². The van der Waals surface area contributed by atoms with Gasteiger partial charge in [0.1, 0.15) is 6.10 Å². The molecular weight excluding hydrogens is 342 g/mol. The van der Waals surface area contributed by atoms with Crippen LogP contribution in [0.3, 0.4) is 0 Å². The highest BCUT2D eigenvalue weighted by Gasteiger charge is 2.28. The van der Waals surface area contributed by atoms with Gasteiger partial charge < -0.3 is 9.64 Å². The Morgan fingerprint density at radius 1 is 1.24 bits per heavy atom. The third-order valence-electron chi connectivity index (χ3n) is 4.01. The van der Waals surface area contributed by atoms with Gasteiger partial charge in [-0.05, 0) is 12.1 Å². The number of nitrogens with zero attached hydrogens (tertiary/aromatic N) is 3. The Morgan fingerprint density at radius 3 is 2.76 bits per heavy atom. The highest BCUT2D eigenvalue weighted by Crippen LogP contribution is 2.17. The normalized spacial score (nSPS) is 17.4. The summed E-state index contributed by atoms with van der Waals surface area (Å²) in [5.74, 6) is 0.0559. The van der Waals surface area contributed by atoms with Gasteiger partial charge in [-0.3, -0.25) is 9.78 Å². The summed E-state index contributed by atoms with van der Waals surface area (Å²) in [5, 5.41) is 0. The Kier molecular flexibility index (Phi) is 5.28. The Balaban J connectivity index is 1.51. The zero-order valence-electron chi connectivity index (χ0n) is 13.6. The van der Waals surface area contributed by atoms with Crippen molar-refractivity contribution in [2.45, 2.75) is 23.8 Å². The largest absolute Gasteiger partial charge is 0.471 e. The van der Waals surface area contributed by atoms with Crippen molar-refractivity contribution >= 4 is 15.7 Å². The van der Waals surface area contributed by atoms with Crippen LogP contribution in [0.1, 0.15) is 12.8 Å². The van der Waals surface area contributed by atoms with E-state index in [4.69, 9.17) is 4.74 Å². The maximum Gasteiger partial charge on any atom is 0.232 e. The van der Waals surface area contributed by atoms with Crippen molar-refractivity contribution in [2.75, 3.05) is 18.8 Å². The zero-order valence-corrected chi connectivity index (χ0v) is 14.4. The number of amides is 1. The van der Waals surface area contributed by atoms with Gasteiger partial charge in [0.25, 0.3) is 0 Å². The van der Waals surface area contributed by atoms with Crippen LogP contribution in [-0.2, 0) is 14.6 Å². The Morgan fingerprint density at radius 2 is 2.04 bits per heavy atom. The van der Waals surface area contributed by atoms with E-state index >= 15 is 0 Å². The third kappa shape index (κ3) is 4.54. The van der Waals surface area contributed by atoms with E-state index in [1.54, 1.807) is 47.6 Å². The molecule has 7 nitrogen and oxygen atoms in total. The second-order valence-electron chi connectivity index (χ2n) is 5.79. The van der Waals surface area contributed by atoms with E-state index in [0.717, 1.165) is 0 Å². The summed E-state index contributed by atoms with van der Waals surface area (Å²) < 4.78 is 30.2. The number of sulfone groups is 1. The molecule has 1 amide bonds. The van der Waals surface area contributed by atoms with Crippen LogP contribution >= 0.6 is 0 Å². The molecule has 25 heavy (non-hydrogen) atoms. The van der Waals surface area contributed by atoms with Gasteiger partial charge in [0.2, 0.25) is 11.8 Å². The van der Waals surface area contributed by atoms with E-state index in [1.165, 1.54) is 6.20 Å². The standard InChI is InChI=1S/C17H19N3O4S/c21-17(7-11-25(22,23)15-4-2-1-3-5-15)20-10-6-14(13-20)24-16-12-18-8-9-19-16/h1-5,8-9,12,14H,6-7,10-11,13H2. The fourth-order valence-electron chi connectivity index (χ4n) is 2.69. The van der Waals surface area contributed by atoms with E-state index in [9.17, 15) is 13.2 Å². The predicted octanol–water partition coefficient (Wildman–Crippen LogP) is 1.32. The van der Waals surface area contributed by atoms with Crippen molar-refractivity contribution < 1.29 is 17.9 Å². The van der Waals surface area contributed by atoms with E-state index in [2.05, 4.69) is 9.97 Å². The molecule has 1 aromatic carbocycles. The van der Waals surface area contributed by atoms with Gasteiger partial charge in [0, 0.05) is 31.8 Å². The molecule has 0 N–H and O–H groups in total. The molecule has 0 radical (unpaired) electrons. The lowest BCUT2D eigenvalue weighted by atomic mass is 10.3. The van der Waals surface area contributed by atoms with E-state index in [0.29, 0.717) is 25.4 Å². The molecule has 1 fully saturated rings. The average molecular weight is 361 g/mol. The summed E-state index contributed by atoms with van der Waals surface area (Å²) in [6.07, 6.45) is 5.14. The SMILES string of the molecule is O=C(CCS(=O)(=O)c1ccccc1)N1CCC(Oc2cnccn2)C1. The minimum atomic E-state index is -3.44. The number of benzene rings is 1. The molecule has 0 aliphatic carbocycles. The van der Waals surface area contributed by atoms with E-state index in [-0.39, 0.29) is 29.1 Å². The second-order valence-corrected chi connectivity index (χ2v) is 7.90. The number of likely N-dealkylation sites (tertiary alicyclic amines) is 1. The molecule has 2 aromatic rings. The molecule has 2 heterocycles. The maximum atomic E-state index is 12.3. The lowest BCUT2D eigenvalue weighted by Gasteiger charge is -2.17. The van der Waals surface area contributed by atoms with E-state index in [1.807, 2.05) is 0 Å². The average Bonchev–Trinajstić information content (AvgIpc) is 3.10. The molecule has 1 saturated heterocycles. The number of ether oxygens (including phenoxy) is 1. The molecule has 1 atom stereocenters. The molecule has 132 valence electrons. The first kappa shape index (κ1) is 17.3. The maximum absolute atomic E-state index is 12.3. The number of aromatic nitrogens is 2. The zero-order chi connectivity index (χ0) is 17.7. The highest BCUT2D eigenvalue weighted by atomic mass is 32.2. The molecule has 0 spiro atoms. The third-order valence-corrected chi connectivity index (χ3v) is 5.74. The number of carbonyl (C=O) groups excluding carboxylic acids is 1. The van der Waals surface area contributed by atoms with Crippen molar-refractivity contribution in [1.29, 1.82) is 0 Å². The molecule has 8 heteroatoms. The van der Waals surface area contributed by atoms with Gasteiger partial charge in [0.05, 0.1) is 23.4 Å². The van der Waals surface area contributed by atoms with Gasteiger partial charge in [-0.25, -0.2) is 13.4 Å². The van der Waals surface area contributed by atoms with Crippen molar-refractivity contribution in [3.05, 3.63) is 48.9 Å². The Hall–Kier alpha value is -2.48. The summed E-state index contributed by atoms with van der Waals surface area (Å²) in [6.45, 7) is 0.982. The lowest BCUT2D eigenvalue weighted by Crippen LogP contribution is -2.32.